The van der Waals surface area contributed by atoms with Crippen LogP contribution in [0.2, 0.25) is 0 Å². The Bertz CT molecular complexity index is 966. The predicted octanol–water partition coefficient (Wildman–Crippen LogP) is 3.35. The second-order valence-electron chi connectivity index (χ2n) is 7.27. The van der Waals surface area contributed by atoms with Crippen LogP contribution in [0.1, 0.15) is 22.5 Å². The van der Waals surface area contributed by atoms with E-state index in [1.165, 1.54) is 22.9 Å². The molecule has 0 saturated heterocycles. The number of thioether (sulfide) groups is 1. The summed E-state index contributed by atoms with van der Waals surface area (Å²) in [5, 5.41) is 12.2. The van der Waals surface area contributed by atoms with Crippen LogP contribution in [0.4, 0.5) is 0 Å². The molecule has 0 radical (unpaired) electrons. The zero-order valence-corrected chi connectivity index (χ0v) is 18.2. The van der Waals surface area contributed by atoms with Gasteiger partial charge in [0.15, 0.2) is 5.16 Å². The standard InChI is InChI=1S/C22H27N5OS/c1-16-9-11-20(12-10-16)27-17(2)24-25-22(27)29-15-21(28)23-13-18-7-5-6-8-19(18)14-26(3)4/h5-12H,13-15H2,1-4H3,(H,23,28). The summed E-state index contributed by atoms with van der Waals surface area (Å²) in [6, 6.07) is 16.4. The molecule has 6 nitrogen and oxygen atoms in total. The van der Waals surface area contributed by atoms with Crippen LogP contribution in [0.3, 0.4) is 0 Å². The number of carbonyl (C=O) groups is 1. The maximum absolute atomic E-state index is 12.4. The Kier molecular flexibility index (Phi) is 7.06. The first kappa shape index (κ1) is 21.1. The molecule has 0 aliphatic rings. The number of hydrogen-bond donors (Lipinski definition) is 1. The smallest absolute Gasteiger partial charge is 0.230 e. The molecule has 1 N–H and O–H groups in total. The van der Waals surface area contributed by atoms with Crippen LogP contribution in [-0.4, -0.2) is 45.4 Å². The summed E-state index contributed by atoms with van der Waals surface area (Å²) in [6.45, 7) is 5.34. The largest absolute Gasteiger partial charge is 0.351 e. The molecular formula is C22H27N5OS. The Labute approximate surface area is 176 Å². The molecule has 2 aromatic carbocycles. The molecule has 1 aromatic heterocycles. The number of nitrogens with one attached hydrogen (secondary N) is 1. The van der Waals surface area contributed by atoms with E-state index in [4.69, 9.17) is 0 Å². The lowest BCUT2D eigenvalue weighted by Crippen LogP contribution is -2.25. The topological polar surface area (TPSA) is 63.1 Å². The summed E-state index contributed by atoms with van der Waals surface area (Å²) in [5.74, 6) is 1.07. The van der Waals surface area contributed by atoms with Crippen molar-refractivity contribution in [1.82, 2.24) is 25.0 Å². The van der Waals surface area contributed by atoms with Crippen molar-refractivity contribution in [3.05, 3.63) is 71.0 Å². The van der Waals surface area contributed by atoms with Crippen molar-refractivity contribution in [3.63, 3.8) is 0 Å². The summed E-state index contributed by atoms with van der Waals surface area (Å²) in [6.07, 6.45) is 0. The Balaban J connectivity index is 1.60. The summed E-state index contributed by atoms with van der Waals surface area (Å²) < 4.78 is 1.98. The highest BCUT2D eigenvalue weighted by atomic mass is 32.2. The first-order valence-electron chi connectivity index (χ1n) is 9.54. The van der Waals surface area contributed by atoms with Crippen LogP contribution in [0, 0.1) is 13.8 Å². The highest BCUT2D eigenvalue weighted by Crippen LogP contribution is 2.22. The molecule has 0 aliphatic heterocycles. The molecule has 0 spiro atoms. The van der Waals surface area contributed by atoms with Gasteiger partial charge in [-0.1, -0.05) is 53.7 Å². The third kappa shape index (κ3) is 5.68. The third-order valence-electron chi connectivity index (χ3n) is 4.50. The van der Waals surface area contributed by atoms with Gasteiger partial charge in [-0.25, -0.2) is 0 Å². The highest BCUT2D eigenvalue weighted by Gasteiger charge is 2.13. The van der Waals surface area contributed by atoms with Crippen LogP contribution >= 0.6 is 11.8 Å². The second-order valence-corrected chi connectivity index (χ2v) is 8.22. The maximum atomic E-state index is 12.4. The normalized spacial score (nSPS) is 11.1. The number of aromatic nitrogens is 3. The molecular weight excluding hydrogens is 382 g/mol. The maximum Gasteiger partial charge on any atom is 0.230 e. The fourth-order valence-electron chi connectivity index (χ4n) is 3.03. The minimum atomic E-state index is -0.0224. The molecule has 0 saturated carbocycles. The molecule has 29 heavy (non-hydrogen) atoms. The monoisotopic (exact) mass is 409 g/mol. The van der Waals surface area contributed by atoms with Crippen LogP contribution < -0.4 is 5.32 Å². The number of nitrogens with zero attached hydrogens (tertiary/aromatic N) is 4. The van der Waals surface area contributed by atoms with E-state index in [2.05, 4.69) is 51.6 Å². The summed E-state index contributed by atoms with van der Waals surface area (Å²) in [7, 11) is 4.08. The Morgan fingerprint density at radius 3 is 2.41 bits per heavy atom. The van der Waals surface area contributed by atoms with Crippen LogP contribution in [0.5, 0.6) is 0 Å². The fraction of sp³-hybridized carbons (Fsp3) is 0.318. The average Bonchev–Trinajstić information content (AvgIpc) is 3.06. The predicted molar refractivity (Wildman–Crippen MR) is 117 cm³/mol. The molecule has 7 heteroatoms. The van der Waals surface area contributed by atoms with E-state index < -0.39 is 0 Å². The molecule has 0 bridgehead atoms. The Hall–Kier alpha value is -2.64. The van der Waals surface area contributed by atoms with Gasteiger partial charge in [0.1, 0.15) is 5.82 Å². The van der Waals surface area contributed by atoms with Crippen molar-refractivity contribution in [3.8, 4) is 5.69 Å². The SMILES string of the molecule is Cc1ccc(-n2c(C)nnc2SCC(=O)NCc2ccccc2CN(C)C)cc1. The molecule has 152 valence electrons. The number of carbonyl (C=O) groups excluding carboxylic acids is 1. The summed E-state index contributed by atoms with van der Waals surface area (Å²) in [4.78, 5) is 14.5. The van der Waals surface area contributed by atoms with Gasteiger partial charge >= 0.3 is 0 Å². The van der Waals surface area contributed by atoms with E-state index in [-0.39, 0.29) is 5.91 Å². The minimum Gasteiger partial charge on any atom is -0.351 e. The quantitative estimate of drug-likeness (QED) is 0.578. The molecule has 1 amide bonds. The first-order chi connectivity index (χ1) is 13.9. The van der Waals surface area contributed by atoms with Gasteiger partial charge in [-0.2, -0.15) is 0 Å². The van der Waals surface area contributed by atoms with Gasteiger partial charge in [0.25, 0.3) is 0 Å². The van der Waals surface area contributed by atoms with Crippen molar-refractivity contribution >= 4 is 17.7 Å². The third-order valence-corrected chi connectivity index (χ3v) is 5.43. The van der Waals surface area contributed by atoms with Crippen molar-refractivity contribution in [1.29, 1.82) is 0 Å². The number of hydrogen-bond acceptors (Lipinski definition) is 5. The van der Waals surface area contributed by atoms with Crippen molar-refractivity contribution < 1.29 is 4.79 Å². The highest BCUT2D eigenvalue weighted by molar-refractivity contribution is 7.99. The number of benzene rings is 2. The van der Waals surface area contributed by atoms with Gasteiger partial charge in [-0.3, -0.25) is 9.36 Å². The van der Waals surface area contributed by atoms with Gasteiger partial charge in [-0.15, -0.1) is 10.2 Å². The number of amides is 1. The van der Waals surface area contributed by atoms with Crippen LogP contribution in [-0.2, 0) is 17.9 Å². The van der Waals surface area contributed by atoms with Gasteiger partial charge in [0, 0.05) is 18.8 Å². The van der Waals surface area contributed by atoms with Crippen molar-refractivity contribution in [2.24, 2.45) is 0 Å². The van der Waals surface area contributed by atoms with Gasteiger partial charge in [0.2, 0.25) is 5.91 Å². The molecule has 3 rings (SSSR count). The van der Waals surface area contributed by atoms with Crippen molar-refractivity contribution in [2.75, 3.05) is 19.8 Å². The van der Waals surface area contributed by atoms with Gasteiger partial charge < -0.3 is 10.2 Å². The zero-order valence-electron chi connectivity index (χ0n) is 17.3. The van der Waals surface area contributed by atoms with E-state index >= 15 is 0 Å². The van der Waals surface area contributed by atoms with Crippen LogP contribution in [0.25, 0.3) is 5.69 Å². The Morgan fingerprint density at radius 2 is 1.72 bits per heavy atom. The summed E-state index contributed by atoms with van der Waals surface area (Å²) in [5.41, 5.74) is 4.56. The van der Waals surface area contributed by atoms with Gasteiger partial charge in [0.05, 0.1) is 5.75 Å². The van der Waals surface area contributed by atoms with Crippen molar-refractivity contribution in [2.45, 2.75) is 32.1 Å². The van der Waals surface area contributed by atoms with E-state index in [1.54, 1.807) is 0 Å². The fourth-order valence-corrected chi connectivity index (χ4v) is 3.85. The zero-order chi connectivity index (χ0) is 20.8. The molecule has 0 unspecified atom stereocenters. The minimum absolute atomic E-state index is 0.0224. The lowest BCUT2D eigenvalue weighted by Gasteiger charge is -2.14. The van der Waals surface area contributed by atoms with Crippen LogP contribution in [0.15, 0.2) is 53.7 Å². The molecule has 0 atom stereocenters. The molecule has 1 heterocycles. The lowest BCUT2D eigenvalue weighted by molar-refractivity contribution is -0.118. The number of aryl methyl sites for hydroxylation is 2. The van der Waals surface area contributed by atoms with E-state index in [9.17, 15) is 4.79 Å². The second kappa shape index (κ2) is 9.71. The molecule has 0 fully saturated rings. The van der Waals surface area contributed by atoms with E-state index in [1.807, 2.05) is 49.9 Å². The van der Waals surface area contributed by atoms with E-state index in [0.717, 1.165) is 28.8 Å². The average molecular weight is 410 g/mol. The summed E-state index contributed by atoms with van der Waals surface area (Å²) >= 11 is 1.39. The number of rotatable bonds is 8. The Morgan fingerprint density at radius 1 is 1.03 bits per heavy atom. The first-order valence-corrected chi connectivity index (χ1v) is 10.5. The van der Waals surface area contributed by atoms with Gasteiger partial charge in [-0.05, 0) is 51.2 Å². The van der Waals surface area contributed by atoms with E-state index in [0.29, 0.717) is 12.3 Å². The lowest BCUT2D eigenvalue weighted by atomic mass is 10.1. The molecule has 3 aromatic rings. The molecule has 0 aliphatic carbocycles.